The maximum atomic E-state index is 12.9. The Hall–Kier alpha value is -3.83. The Kier molecular flexibility index (Phi) is 5.60. The summed E-state index contributed by atoms with van der Waals surface area (Å²) >= 11 is 1.23. The van der Waals surface area contributed by atoms with E-state index in [0.29, 0.717) is 27.4 Å². The van der Waals surface area contributed by atoms with E-state index in [1.54, 1.807) is 42.6 Å². The van der Waals surface area contributed by atoms with Crippen molar-refractivity contribution in [3.05, 3.63) is 69.9 Å². The highest BCUT2D eigenvalue weighted by molar-refractivity contribution is 7.09. The van der Waals surface area contributed by atoms with Gasteiger partial charge in [0.2, 0.25) is 0 Å². The van der Waals surface area contributed by atoms with E-state index in [1.807, 2.05) is 25.1 Å². The van der Waals surface area contributed by atoms with Gasteiger partial charge < -0.3 is 9.15 Å². The van der Waals surface area contributed by atoms with Crippen LogP contribution in [0.5, 0.6) is 0 Å². The minimum Gasteiger partial charge on any atom is -0.460 e. The Bertz CT molecular complexity index is 1330. The number of hydrogen-bond acceptors (Lipinski definition) is 8. The fraction of sp³-hybridized carbons (Fsp3) is 0.174. The van der Waals surface area contributed by atoms with Gasteiger partial charge in [-0.1, -0.05) is 18.2 Å². The number of thiazole rings is 1. The molecule has 0 amide bonds. The predicted molar refractivity (Wildman–Crippen MR) is 115 cm³/mol. The number of aromatic nitrogens is 2. The molecule has 154 valence electrons. The second-order valence-corrected chi connectivity index (χ2v) is 7.80. The highest BCUT2D eigenvalue weighted by atomic mass is 32.1. The first-order chi connectivity index (χ1) is 15.0. The summed E-state index contributed by atoms with van der Waals surface area (Å²) in [4.78, 5) is 34.1. The summed E-state index contributed by atoms with van der Waals surface area (Å²) in [6.07, 6.45) is 0. The van der Waals surface area contributed by atoms with Crippen LogP contribution in [0.15, 0.2) is 52.3 Å². The lowest BCUT2D eigenvalue weighted by Gasteiger charge is -2.10. The first-order valence-electron chi connectivity index (χ1n) is 9.44. The van der Waals surface area contributed by atoms with Crippen molar-refractivity contribution in [2.24, 2.45) is 0 Å². The van der Waals surface area contributed by atoms with Gasteiger partial charge in [0, 0.05) is 16.5 Å². The van der Waals surface area contributed by atoms with Gasteiger partial charge in [-0.3, -0.25) is 4.79 Å². The highest BCUT2D eigenvalue weighted by Gasteiger charge is 2.25. The molecule has 7 nitrogen and oxygen atoms in total. The average Bonchev–Trinajstić information content (AvgIpc) is 3.40. The maximum Gasteiger partial charge on any atom is 0.339 e. The number of hydrogen-bond donors (Lipinski definition) is 0. The van der Waals surface area contributed by atoms with Crippen LogP contribution >= 0.6 is 11.3 Å². The second kappa shape index (κ2) is 8.50. The molecule has 0 N–H and O–H groups in total. The molecule has 4 rings (SSSR count). The molecule has 0 bridgehead atoms. The van der Waals surface area contributed by atoms with Crippen LogP contribution in [0.25, 0.3) is 22.4 Å². The molecule has 0 aliphatic carbocycles. The van der Waals surface area contributed by atoms with E-state index in [0.717, 1.165) is 11.5 Å². The van der Waals surface area contributed by atoms with Crippen molar-refractivity contribution >= 4 is 34.0 Å². The summed E-state index contributed by atoms with van der Waals surface area (Å²) < 4.78 is 10.9. The van der Waals surface area contributed by atoms with Crippen molar-refractivity contribution in [2.45, 2.75) is 19.8 Å². The summed E-state index contributed by atoms with van der Waals surface area (Å²) in [6.45, 7) is 3.08. The topological polar surface area (TPSA) is 106 Å². The Balaban J connectivity index is 1.60. The Labute approximate surface area is 181 Å². The molecule has 31 heavy (non-hydrogen) atoms. The number of carbonyl (C=O) groups is 2. The number of rotatable bonds is 6. The molecule has 1 aromatic carbocycles. The summed E-state index contributed by atoms with van der Waals surface area (Å²) in [5.41, 5.74) is 2.08. The number of ether oxygens (including phenoxy) is 1. The van der Waals surface area contributed by atoms with E-state index in [2.05, 4.69) is 9.97 Å². The quantitative estimate of drug-likeness (QED) is 0.411. The van der Waals surface area contributed by atoms with Crippen LogP contribution < -0.4 is 0 Å². The van der Waals surface area contributed by atoms with Crippen molar-refractivity contribution in [1.29, 1.82) is 5.26 Å². The van der Waals surface area contributed by atoms with E-state index in [9.17, 15) is 14.9 Å². The van der Waals surface area contributed by atoms with Gasteiger partial charge in [-0.15, -0.1) is 11.3 Å². The maximum absolute atomic E-state index is 12.9. The second-order valence-electron chi connectivity index (χ2n) is 6.91. The number of carbonyl (C=O) groups excluding carboxylic acids is 2. The SMILES string of the molecule is Cc1csc(C(C#N)C(=O)COC(=O)c2cc(-c3ccc(C)o3)nc3ccccc23)n1. The van der Waals surface area contributed by atoms with E-state index in [1.165, 1.54) is 11.3 Å². The molecule has 0 aliphatic rings. The molecule has 1 atom stereocenters. The van der Waals surface area contributed by atoms with Gasteiger partial charge in [0.05, 0.1) is 17.1 Å². The molecule has 0 fully saturated rings. The number of para-hydroxylation sites is 1. The number of ketones is 1. The standard InChI is InChI=1S/C23H17N3O4S/c1-13-12-31-22(25-13)17(10-24)20(27)11-29-23(28)16-9-19(21-8-7-14(2)30-21)26-18-6-4-3-5-15(16)18/h3-9,12,17H,11H2,1-2H3. The number of nitriles is 1. The number of nitrogens with zero attached hydrogens (tertiary/aromatic N) is 3. The number of Topliss-reactive ketones (excluding diaryl/α,β-unsaturated/α-hetero) is 1. The summed E-state index contributed by atoms with van der Waals surface area (Å²) in [7, 11) is 0. The molecular weight excluding hydrogens is 414 g/mol. The molecule has 8 heteroatoms. The van der Waals surface area contributed by atoms with Gasteiger partial charge in [-0.05, 0) is 38.1 Å². The van der Waals surface area contributed by atoms with Crippen LogP contribution in [0.4, 0.5) is 0 Å². The molecule has 0 radical (unpaired) electrons. The third-order valence-electron chi connectivity index (χ3n) is 4.61. The van der Waals surface area contributed by atoms with Crippen molar-refractivity contribution < 1.29 is 18.7 Å². The first-order valence-corrected chi connectivity index (χ1v) is 10.3. The Morgan fingerprint density at radius 1 is 1.19 bits per heavy atom. The fourth-order valence-electron chi connectivity index (χ4n) is 3.11. The molecule has 0 aliphatic heterocycles. The molecule has 0 saturated carbocycles. The molecule has 0 saturated heterocycles. The van der Waals surface area contributed by atoms with E-state index >= 15 is 0 Å². The summed E-state index contributed by atoms with van der Waals surface area (Å²) in [5, 5.41) is 12.1. The van der Waals surface area contributed by atoms with Crippen LogP contribution in [0.3, 0.4) is 0 Å². The predicted octanol–water partition coefficient (Wildman–Crippen LogP) is 4.60. The molecule has 3 aromatic heterocycles. The number of fused-ring (bicyclic) bond motifs is 1. The van der Waals surface area contributed by atoms with E-state index < -0.39 is 24.3 Å². The number of furan rings is 1. The van der Waals surface area contributed by atoms with E-state index in [4.69, 9.17) is 9.15 Å². The lowest BCUT2D eigenvalue weighted by atomic mass is 10.1. The zero-order valence-corrected chi connectivity index (χ0v) is 17.6. The average molecular weight is 431 g/mol. The molecule has 4 aromatic rings. The number of esters is 1. The van der Waals surface area contributed by atoms with Gasteiger partial charge in [0.1, 0.15) is 16.5 Å². The van der Waals surface area contributed by atoms with Crippen LogP contribution in [0.2, 0.25) is 0 Å². The van der Waals surface area contributed by atoms with Gasteiger partial charge >= 0.3 is 5.97 Å². The van der Waals surface area contributed by atoms with Crippen LogP contribution in [-0.4, -0.2) is 28.3 Å². The minimum atomic E-state index is -1.07. The molecular formula is C23H17N3O4S. The third kappa shape index (κ3) is 4.22. The van der Waals surface area contributed by atoms with Gasteiger partial charge in [-0.25, -0.2) is 14.8 Å². The molecule has 3 heterocycles. The smallest absolute Gasteiger partial charge is 0.339 e. The van der Waals surface area contributed by atoms with Gasteiger partial charge in [0.15, 0.2) is 24.1 Å². The van der Waals surface area contributed by atoms with Crippen molar-refractivity contribution in [3.63, 3.8) is 0 Å². The van der Waals surface area contributed by atoms with Crippen LogP contribution in [0, 0.1) is 25.2 Å². The van der Waals surface area contributed by atoms with Gasteiger partial charge in [-0.2, -0.15) is 5.26 Å². The fourth-order valence-corrected chi connectivity index (χ4v) is 3.97. The van der Waals surface area contributed by atoms with Crippen LogP contribution in [-0.2, 0) is 9.53 Å². The summed E-state index contributed by atoms with van der Waals surface area (Å²) in [6, 6.07) is 14.3. The first kappa shape index (κ1) is 20.4. The van der Waals surface area contributed by atoms with Gasteiger partial charge in [0.25, 0.3) is 0 Å². The normalized spacial score (nSPS) is 11.8. The Morgan fingerprint density at radius 3 is 2.68 bits per heavy atom. The lowest BCUT2D eigenvalue weighted by Crippen LogP contribution is -2.20. The largest absolute Gasteiger partial charge is 0.460 e. The van der Waals surface area contributed by atoms with Crippen molar-refractivity contribution in [3.8, 4) is 17.5 Å². The minimum absolute atomic E-state index is 0.265. The number of pyridine rings is 1. The molecule has 0 spiro atoms. The van der Waals surface area contributed by atoms with Crippen LogP contribution in [0.1, 0.15) is 32.7 Å². The lowest BCUT2D eigenvalue weighted by molar-refractivity contribution is -0.122. The monoisotopic (exact) mass is 431 g/mol. The number of benzene rings is 1. The Morgan fingerprint density at radius 2 is 2.00 bits per heavy atom. The zero-order valence-electron chi connectivity index (χ0n) is 16.8. The highest BCUT2D eigenvalue weighted by Crippen LogP contribution is 2.27. The van der Waals surface area contributed by atoms with E-state index in [-0.39, 0.29) is 5.56 Å². The summed E-state index contributed by atoms with van der Waals surface area (Å²) in [5.74, 6) is -1.02. The number of aryl methyl sites for hydroxylation is 2. The van der Waals surface area contributed by atoms with Crippen molar-refractivity contribution in [1.82, 2.24) is 9.97 Å². The zero-order chi connectivity index (χ0) is 22.0. The third-order valence-corrected chi connectivity index (χ3v) is 5.64. The van der Waals surface area contributed by atoms with Crippen molar-refractivity contribution in [2.75, 3.05) is 6.61 Å². The molecule has 1 unspecified atom stereocenters.